The Kier molecular flexibility index (Phi) is 7.65. The van der Waals surface area contributed by atoms with E-state index in [9.17, 15) is 9.59 Å². The van der Waals surface area contributed by atoms with Crippen molar-refractivity contribution in [2.24, 2.45) is 0 Å². The number of benzene rings is 5. The summed E-state index contributed by atoms with van der Waals surface area (Å²) < 4.78 is 5.23. The topological polar surface area (TPSA) is 70.7 Å². The minimum absolute atomic E-state index is 0.284. The van der Waals surface area contributed by atoms with Crippen molar-refractivity contribution in [3.05, 3.63) is 145 Å². The number of ether oxygens (including phenoxy) is 1. The molecule has 0 aliphatic heterocycles. The van der Waals surface area contributed by atoms with Crippen molar-refractivity contribution < 1.29 is 14.3 Å². The van der Waals surface area contributed by atoms with E-state index in [1.165, 1.54) is 0 Å². The quantitative estimate of drug-likeness (QED) is 0.223. The van der Waals surface area contributed by atoms with Crippen LogP contribution < -0.4 is 20.3 Å². The number of rotatable bonds is 8. The standard InChI is InChI=1S/C33H27N3O3/c1-39-29-19-11-14-26(23-29)34-32(37)24-12-10-13-25(22-24)35-33(38)30-20-8-9-21-31(30)36(27-15-4-2-5-16-27)28-17-6-3-7-18-28/h2-23H,1H3,(H,34,37)(H,35,38). The van der Waals surface area contributed by atoms with Crippen molar-refractivity contribution in [1.29, 1.82) is 0 Å². The fourth-order valence-corrected chi connectivity index (χ4v) is 4.28. The molecule has 0 saturated carbocycles. The second-order valence-corrected chi connectivity index (χ2v) is 8.74. The van der Waals surface area contributed by atoms with E-state index < -0.39 is 0 Å². The Hall–Kier alpha value is -5.36. The molecule has 0 aliphatic rings. The van der Waals surface area contributed by atoms with Gasteiger partial charge in [0, 0.05) is 34.4 Å². The lowest BCUT2D eigenvalue weighted by Crippen LogP contribution is -2.19. The van der Waals surface area contributed by atoms with Gasteiger partial charge in [-0.15, -0.1) is 0 Å². The summed E-state index contributed by atoms with van der Waals surface area (Å²) in [6.45, 7) is 0. The first kappa shape index (κ1) is 25.3. The fraction of sp³-hybridized carbons (Fsp3) is 0.0303. The van der Waals surface area contributed by atoms with Crippen LogP contribution in [0.15, 0.2) is 133 Å². The van der Waals surface area contributed by atoms with Crippen molar-refractivity contribution in [3.63, 3.8) is 0 Å². The lowest BCUT2D eigenvalue weighted by atomic mass is 10.1. The molecule has 5 rings (SSSR count). The van der Waals surface area contributed by atoms with Gasteiger partial charge in [0.1, 0.15) is 5.75 Å². The molecule has 0 heterocycles. The summed E-state index contributed by atoms with van der Waals surface area (Å²) >= 11 is 0. The molecule has 5 aromatic rings. The Balaban J connectivity index is 1.41. The molecule has 0 unspecified atom stereocenters. The van der Waals surface area contributed by atoms with Gasteiger partial charge in [0.25, 0.3) is 11.8 Å². The molecule has 5 aromatic carbocycles. The zero-order valence-electron chi connectivity index (χ0n) is 21.4. The van der Waals surface area contributed by atoms with Gasteiger partial charge in [-0.1, -0.05) is 60.7 Å². The Morgan fingerprint density at radius 2 is 1.15 bits per heavy atom. The average molecular weight is 514 g/mol. The van der Waals surface area contributed by atoms with Gasteiger partial charge in [-0.3, -0.25) is 9.59 Å². The highest BCUT2D eigenvalue weighted by Gasteiger charge is 2.20. The Labute approximate surface area is 227 Å². The maximum Gasteiger partial charge on any atom is 0.257 e. The molecule has 0 fully saturated rings. The summed E-state index contributed by atoms with van der Waals surface area (Å²) in [5.74, 6) is 0.0689. The highest BCUT2D eigenvalue weighted by Crippen LogP contribution is 2.36. The predicted octanol–water partition coefficient (Wildman–Crippen LogP) is 7.67. The lowest BCUT2D eigenvalue weighted by Gasteiger charge is -2.27. The van der Waals surface area contributed by atoms with Crippen LogP contribution >= 0.6 is 0 Å². The minimum atomic E-state index is -0.293. The van der Waals surface area contributed by atoms with E-state index in [0.29, 0.717) is 28.3 Å². The number of carbonyl (C=O) groups excluding carboxylic acids is 2. The third-order valence-electron chi connectivity index (χ3n) is 6.13. The summed E-state index contributed by atoms with van der Waals surface area (Å²) in [5.41, 5.74) is 4.64. The van der Waals surface area contributed by atoms with Crippen molar-refractivity contribution >= 4 is 40.3 Å². The van der Waals surface area contributed by atoms with E-state index in [0.717, 1.165) is 17.1 Å². The predicted molar refractivity (Wildman–Crippen MR) is 156 cm³/mol. The van der Waals surface area contributed by atoms with Crippen LogP contribution in [0, 0.1) is 0 Å². The van der Waals surface area contributed by atoms with Crippen molar-refractivity contribution in [2.45, 2.75) is 0 Å². The fourth-order valence-electron chi connectivity index (χ4n) is 4.28. The molecular weight excluding hydrogens is 486 g/mol. The Bertz CT molecular complexity index is 1550. The second-order valence-electron chi connectivity index (χ2n) is 8.74. The largest absolute Gasteiger partial charge is 0.497 e. The maximum atomic E-state index is 13.6. The number of nitrogens with zero attached hydrogens (tertiary/aromatic N) is 1. The Morgan fingerprint density at radius 1 is 0.590 bits per heavy atom. The number of carbonyl (C=O) groups is 2. The number of para-hydroxylation sites is 3. The maximum absolute atomic E-state index is 13.6. The summed E-state index contributed by atoms with van der Waals surface area (Å²) in [6, 6.07) is 41.3. The van der Waals surface area contributed by atoms with E-state index >= 15 is 0 Å². The van der Waals surface area contributed by atoms with Gasteiger partial charge in [-0.25, -0.2) is 0 Å². The highest BCUT2D eigenvalue weighted by atomic mass is 16.5. The van der Waals surface area contributed by atoms with Crippen molar-refractivity contribution in [2.75, 3.05) is 22.6 Å². The SMILES string of the molecule is COc1cccc(NC(=O)c2cccc(NC(=O)c3ccccc3N(c3ccccc3)c3ccccc3)c2)c1. The van der Waals surface area contributed by atoms with E-state index in [-0.39, 0.29) is 11.8 Å². The highest BCUT2D eigenvalue weighted by molar-refractivity contribution is 6.10. The number of amides is 2. The van der Waals surface area contributed by atoms with Gasteiger partial charge in [-0.2, -0.15) is 0 Å². The van der Waals surface area contributed by atoms with Gasteiger partial charge in [0.05, 0.1) is 18.4 Å². The molecule has 6 heteroatoms. The summed E-state index contributed by atoms with van der Waals surface area (Å²) in [4.78, 5) is 28.5. The second kappa shape index (κ2) is 11.8. The van der Waals surface area contributed by atoms with Crippen LogP contribution in [0.1, 0.15) is 20.7 Å². The first-order valence-corrected chi connectivity index (χ1v) is 12.5. The minimum Gasteiger partial charge on any atom is -0.497 e. The van der Waals surface area contributed by atoms with Gasteiger partial charge >= 0.3 is 0 Å². The van der Waals surface area contributed by atoms with Gasteiger partial charge in [0.2, 0.25) is 0 Å². The van der Waals surface area contributed by atoms with Crippen LogP contribution in [-0.4, -0.2) is 18.9 Å². The summed E-state index contributed by atoms with van der Waals surface area (Å²) in [6.07, 6.45) is 0. The molecule has 2 N–H and O–H groups in total. The molecule has 0 aliphatic carbocycles. The number of methoxy groups -OCH3 is 1. The Morgan fingerprint density at radius 3 is 1.82 bits per heavy atom. The molecule has 0 atom stereocenters. The molecule has 0 bridgehead atoms. The first-order chi connectivity index (χ1) is 19.1. The third-order valence-corrected chi connectivity index (χ3v) is 6.13. The average Bonchev–Trinajstić information content (AvgIpc) is 2.99. The molecule has 2 amide bonds. The molecule has 192 valence electrons. The zero-order valence-corrected chi connectivity index (χ0v) is 21.4. The lowest BCUT2D eigenvalue weighted by molar-refractivity contribution is 0.101. The third kappa shape index (κ3) is 5.97. The van der Waals surface area contributed by atoms with Crippen LogP contribution in [0.4, 0.5) is 28.4 Å². The zero-order chi connectivity index (χ0) is 27.0. The van der Waals surface area contributed by atoms with Crippen LogP contribution in [-0.2, 0) is 0 Å². The molecule has 0 radical (unpaired) electrons. The summed E-state index contributed by atoms with van der Waals surface area (Å²) in [5, 5.41) is 5.84. The van der Waals surface area contributed by atoms with E-state index in [1.807, 2.05) is 83.8 Å². The van der Waals surface area contributed by atoms with E-state index in [2.05, 4.69) is 10.6 Å². The van der Waals surface area contributed by atoms with Crippen LogP contribution in [0.2, 0.25) is 0 Å². The molecule has 0 aromatic heterocycles. The number of anilines is 5. The molecule has 39 heavy (non-hydrogen) atoms. The van der Waals surface area contributed by atoms with Crippen LogP contribution in [0.25, 0.3) is 0 Å². The van der Waals surface area contributed by atoms with Crippen LogP contribution in [0.3, 0.4) is 0 Å². The van der Waals surface area contributed by atoms with E-state index in [4.69, 9.17) is 4.74 Å². The summed E-state index contributed by atoms with van der Waals surface area (Å²) in [7, 11) is 1.57. The van der Waals surface area contributed by atoms with Gasteiger partial charge in [0.15, 0.2) is 0 Å². The van der Waals surface area contributed by atoms with Gasteiger partial charge < -0.3 is 20.3 Å². The number of hydrogen-bond acceptors (Lipinski definition) is 4. The van der Waals surface area contributed by atoms with Crippen molar-refractivity contribution in [1.82, 2.24) is 0 Å². The first-order valence-electron chi connectivity index (χ1n) is 12.5. The number of nitrogens with one attached hydrogen (secondary N) is 2. The number of hydrogen-bond donors (Lipinski definition) is 2. The van der Waals surface area contributed by atoms with E-state index in [1.54, 1.807) is 61.7 Å². The normalized spacial score (nSPS) is 10.4. The molecule has 0 spiro atoms. The molecular formula is C33H27N3O3. The van der Waals surface area contributed by atoms with Crippen LogP contribution in [0.5, 0.6) is 5.75 Å². The molecule has 0 saturated heterocycles. The molecule has 6 nitrogen and oxygen atoms in total. The monoisotopic (exact) mass is 513 g/mol. The van der Waals surface area contributed by atoms with Gasteiger partial charge in [-0.05, 0) is 66.7 Å². The van der Waals surface area contributed by atoms with Crippen molar-refractivity contribution in [3.8, 4) is 5.75 Å². The smallest absolute Gasteiger partial charge is 0.257 e.